The first-order valence-electron chi connectivity index (χ1n) is 6.16. The monoisotopic (exact) mass is 274 g/mol. The second-order valence-electron chi connectivity index (χ2n) is 4.65. The Hall–Kier alpha value is -2.50. The predicted octanol–water partition coefficient (Wildman–Crippen LogP) is 2.57. The molecular weight excluding hydrogens is 259 g/mol. The van der Waals surface area contributed by atoms with Crippen molar-refractivity contribution in [3.63, 3.8) is 0 Å². The standard InChI is InChI=1S/C14H15FN4O/c1-8(2)13-17-7-11(16)12(19-13)14(20)18-10-5-3-9(15)4-6-10/h3-8H,16H2,1-2H3,(H,18,20). The van der Waals surface area contributed by atoms with E-state index < -0.39 is 5.91 Å². The van der Waals surface area contributed by atoms with Crippen LogP contribution < -0.4 is 11.1 Å². The number of rotatable bonds is 3. The molecule has 0 unspecified atom stereocenters. The van der Waals surface area contributed by atoms with E-state index in [1.165, 1.54) is 30.5 Å². The molecule has 1 aromatic carbocycles. The van der Waals surface area contributed by atoms with E-state index >= 15 is 0 Å². The molecular formula is C14H15FN4O. The third-order valence-corrected chi connectivity index (χ3v) is 2.67. The number of nitrogens with one attached hydrogen (secondary N) is 1. The second kappa shape index (κ2) is 5.64. The zero-order valence-electron chi connectivity index (χ0n) is 11.2. The van der Waals surface area contributed by atoms with Crippen LogP contribution in [0.3, 0.4) is 0 Å². The number of nitrogen functional groups attached to an aromatic ring is 1. The zero-order chi connectivity index (χ0) is 14.7. The van der Waals surface area contributed by atoms with Gasteiger partial charge in [-0.3, -0.25) is 4.79 Å². The van der Waals surface area contributed by atoms with E-state index in [1.807, 2.05) is 13.8 Å². The van der Waals surface area contributed by atoms with Gasteiger partial charge in [-0.2, -0.15) is 0 Å². The summed E-state index contributed by atoms with van der Waals surface area (Å²) < 4.78 is 12.8. The highest BCUT2D eigenvalue weighted by atomic mass is 19.1. The largest absolute Gasteiger partial charge is 0.396 e. The van der Waals surface area contributed by atoms with Crippen molar-refractivity contribution < 1.29 is 9.18 Å². The molecule has 0 fully saturated rings. The minimum atomic E-state index is -0.446. The molecule has 0 aliphatic carbocycles. The van der Waals surface area contributed by atoms with Gasteiger partial charge in [0.2, 0.25) is 0 Å². The number of hydrogen-bond donors (Lipinski definition) is 2. The minimum absolute atomic E-state index is 0.0907. The first-order chi connectivity index (χ1) is 9.47. The fraction of sp³-hybridized carbons (Fsp3) is 0.214. The smallest absolute Gasteiger partial charge is 0.276 e. The number of aromatic nitrogens is 2. The Labute approximate surface area is 116 Å². The van der Waals surface area contributed by atoms with Gasteiger partial charge in [-0.05, 0) is 24.3 Å². The Bertz CT molecular complexity index is 626. The fourth-order valence-electron chi connectivity index (χ4n) is 1.59. The number of nitrogens with two attached hydrogens (primary N) is 1. The molecule has 3 N–H and O–H groups in total. The highest BCUT2D eigenvalue weighted by Gasteiger charge is 2.15. The van der Waals surface area contributed by atoms with Crippen molar-refractivity contribution in [1.82, 2.24) is 9.97 Å². The molecule has 1 amide bonds. The maximum absolute atomic E-state index is 12.8. The maximum Gasteiger partial charge on any atom is 0.276 e. The molecule has 1 heterocycles. The van der Waals surface area contributed by atoms with Gasteiger partial charge in [0.1, 0.15) is 11.6 Å². The van der Waals surface area contributed by atoms with E-state index in [9.17, 15) is 9.18 Å². The van der Waals surface area contributed by atoms with Crippen LogP contribution in [0.15, 0.2) is 30.5 Å². The summed E-state index contributed by atoms with van der Waals surface area (Å²) >= 11 is 0. The summed E-state index contributed by atoms with van der Waals surface area (Å²) in [5.41, 5.74) is 6.52. The van der Waals surface area contributed by atoms with Gasteiger partial charge in [0.15, 0.2) is 5.69 Å². The first-order valence-corrected chi connectivity index (χ1v) is 6.16. The van der Waals surface area contributed by atoms with Crippen molar-refractivity contribution in [3.8, 4) is 0 Å². The number of carbonyl (C=O) groups excluding carboxylic acids is 1. The molecule has 0 spiro atoms. The maximum atomic E-state index is 12.8. The number of amides is 1. The lowest BCUT2D eigenvalue weighted by atomic mass is 10.2. The lowest BCUT2D eigenvalue weighted by Crippen LogP contribution is -2.18. The van der Waals surface area contributed by atoms with Gasteiger partial charge in [0, 0.05) is 11.6 Å². The summed E-state index contributed by atoms with van der Waals surface area (Å²) in [5.74, 6) is -0.179. The Kier molecular flexibility index (Phi) is 3.93. The number of anilines is 2. The average molecular weight is 274 g/mol. The number of hydrogen-bond acceptors (Lipinski definition) is 4. The van der Waals surface area contributed by atoms with Crippen molar-refractivity contribution in [1.29, 1.82) is 0 Å². The van der Waals surface area contributed by atoms with Gasteiger partial charge in [0.25, 0.3) is 5.91 Å². The molecule has 0 atom stereocenters. The summed E-state index contributed by atoms with van der Waals surface area (Å²) in [4.78, 5) is 20.4. The topological polar surface area (TPSA) is 80.9 Å². The minimum Gasteiger partial charge on any atom is -0.396 e. The first kappa shape index (κ1) is 13.9. The van der Waals surface area contributed by atoms with Crippen LogP contribution in [0.4, 0.5) is 15.8 Å². The van der Waals surface area contributed by atoms with Gasteiger partial charge in [-0.25, -0.2) is 14.4 Å². The molecule has 2 rings (SSSR count). The third-order valence-electron chi connectivity index (χ3n) is 2.67. The van der Waals surface area contributed by atoms with Crippen LogP contribution in [-0.2, 0) is 0 Å². The molecule has 0 aliphatic rings. The molecule has 0 saturated heterocycles. The molecule has 0 radical (unpaired) electrons. The number of benzene rings is 1. The van der Waals surface area contributed by atoms with Crippen LogP contribution in [0.2, 0.25) is 0 Å². The Balaban J connectivity index is 2.24. The highest BCUT2D eigenvalue weighted by Crippen LogP contribution is 2.16. The average Bonchev–Trinajstić information content (AvgIpc) is 2.41. The SMILES string of the molecule is CC(C)c1ncc(N)c(C(=O)Nc2ccc(F)cc2)n1. The van der Waals surface area contributed by atoms with Crippen molar-refractivity contribution in [2.75, 3.05) is 11.1 Å². The van der Waals surface area contributed by atoms with E-state index in [-0.39, 0.29) is 23.1 Å². The van der Waals surface area contributed by atoms with E-state index in [0.29, 0.717) is 11.5 Å². The molecule has 1 aromatic heterocycles. The summed E-state index contributed by atoms with van der Waals surface area (Å²) in [6, 6.07) is 5.46. The van der Waals surface area contributed by atoms with Crippen molar-refractivity contribution in [3.05, 3.63) is 47.8 Å². The summed E-state index contributed by atoms with van der Waals surface area (Å²) in [6.45, 7) is 3.85. The number of nitrogens with zero attached hydrogens (tertiary/aromatic N) is 2. The normalized spacial score (nSPS) is 10.6. The fourth-order valence-corrected chi connectivity index (χ4v) is 1.59. The van der Waals surface area contributed by atoms with Crippen LogP contribution in [0.25, 0.3) is 0 Å². The van der Waals surface area contributed by atoms with Crippen molar-refractivity contribution >= 4 is 17.3 Å². The molecule has 104 valence electrons. The Morgan fingerprint density at radius 2 is 1.95 bits per heavy atom. The van der Waals surface area contributed by atoms with Crippen LogP contribution in [-0.4, -0.2) is 15.9 Å². The highest BCUT2D eigenvalue weighted by molar-refractivity contribution is 6.06. The van der Waals surface area contributed by atoms with Gasteiger partial charge in [0.05, 0.1) is 11.9 Å². The summed E-state index contributed by atoms with van der Waals surface area (Å²) in [6.07, 6.45) is 1.42. The van der Waals surface area contributed by atoms with E-state index in [2.05, 4.69) is 15.3 Å². The molecule has 0 aliphatic heterocycles. The van der Waals surface area contributed by atoms with Crippen molar-refractivity contribution in [2.24, 2.45) is 0 Å². The number of carbonyl (C=O) groups is 1. The van der Waals surface area contributed by atoms with Crippen molar-refractivity contribution in [2.45, 2.75) is 19.8 Å². The molecule has 2 aromatic rings. The number of halogens is 1. The summed E-state index contributed by atoms with van der Waals surface area (Å²) in [7, 11) is 0. The molecule has 5 nitrogen and oxygen atoms in total. The van der Waals surface area contributed by atoms with Crippen LogP contribution in [0, 0.1) is 5.82 Å². The molecule has 6 heteroatoms. The van der Waals surface area contributed by atoms with E-state index in [0.717, 1.165) is 0 Å². The van der Waals surface area contributed by atoms with E-state index in [4.69, 9.17) is 5.73 Å². The van der Waals surface area contributed by atoms with Gasteiger partial charge in [-0.1, -0.05) is 13.8 Å². The van der Waals surface area contributed by atoms with Gasteiger partial charge < -0.3 is 11.1 Å². The predicted molar refractivity (Wildman–Crippen MR) is 74.9 cm³/mol. The van der Waals surface area contributed by atoms with Crippen LogP contribution in [0.5, 0.6) is 0 Å². The lowest BCUT2D eigenvalue weighted by Gasteiger charge is -2.09. The molecule has 0 saturated carbocycles. The lowest BCUT2D eigenvalue weighted by molar-refractivity contribution is 0.102. The Morgan fingerprint density at radius 1 is 1.30 bits per heavy atom. The molecule has 20 heavy (non-hydrogen) atoms. The molecule has 0 bridgehead atoms. The quantitative estimate of drug-likeness (QED) is 0.901. The van der Waals surface area contributed by atoms with Crippen LogP contribution >= 0.6 is 0 Å². The Morgan fingerprint density at radius 3 is 2.55 bits per heavy atom. The van der Waals surface area contributed by atoms with E-state index in [1.54, 1.807) is 0 Å². The zero-order valence-corrected chi connectivity index (χ0v) is 11.2. The van der Waals surface area contributed by atoms with Crippen LogP contribution in [0.1, 0.15) is 36.1 Å². The van der Waals surface area contributed by atoms with Gasteiger partial charge >= 0.3 is 0 Å². The third kappa shape index (κ3) is 3.09. The summed E-state index contributed by atoms with van der Waals surface area (Å²) in [5, 5.41) is 2.62. The second-order valence-corrected chi connectivity index (χ2v) is 4.65. The van der Waals surface area contributed by atoms with Gasteiger partial charge in [-0.15, -0.1) is 0 Å².